The standard InChI is InChI=1S/C8H6FNO5/c1-14-8(11)15-5-2-3-7(10(12)13)6(9)4-5/h2-4H,1H3. The van der Waals surface area contributed by atoms with Crippen LogP contribution in [-0.4, -0.2) is 18.2 Å². The molecule has 0 saturated carbocycles. The van der Waals surface area contributed by atoms with Crippen LogP contribution in [0.5, 0.6) is 5.75 Å². The van der Waals surface area contributed by atoms with Crippen LogP contribution in [-0.2, 0) is 4.74 Å². The van der Waals surface area contributed by atoms with Crippen molar-refractivity contribution in [1.29, 1.82) is 0 Å². The van der Waals surface area contributed by atoms with E-state index in [0.29, 0.717) is 0 Å². The van der Waals surface area contributed by atoms with Gasteiger partial charge >= 0.3 is 11.8 Å². The Hall–Kier alpha value is -2.18. The van der Waals surface area contributed by atoms with E-state index in [4.69, 9.17) is 0 Å². The molecule has 6 nitrogen and oxygen atoms in total. The molecule has 0 bridgehead atoms. The van der Waals surface area contributed by atoms with Crippen LogP contribution in [0.3, 0.4) is 0 Å². The molecule has 80 valence electrons. The summed E-state index contributed by atoms with van der Waals surface area (Å²) in [5.41, 5.74) is -0.688. The van der Waals surface area contributed by atoms with Gasteiger partial charge in [-0.3, -0.25) is 10.1 Å². The molecule has 0 spiro atoms. The molecule has 0 heterocycles. The van der Waals surface area contributed by atoms with E-state index < -0.39 is 22.6 Å². The fourth-order valence-electron chi connectivity index (χ4n) is 0.837. The molecule has 0 aliphatic heterocycles. The Labute approximate surface area is 83.4 Å². The number of carbonyl (C=O) groups excluding carboxylic acids is 1. The van der Waals surface area contributed by atoms with E-state index in [-0.39, 0.29) is 5.75 Å². The average molecular weight is 215 g/mol. The van der Waals surface area contributed by atoms with Gasteiger partial charge in [0, 0.05) is 12.1 Å². The number of halogens is 1. The molecule has 0 amide bonds. The van der Waals surface area contributed by atoms with Crippen LogP contribution in [0.2, 0.25) is 0 Å². The highest BCUT2D eigenvalue weighted by atomic mass is 19.1. The van der Waals surface area contributed by atoms with Gasteiger partial charge < -0.3 is 9.47 Å². The zero-order chi connectivity index (χ0) is 11.4. The van der Waals surface area contributed by atoms with Gasteiger partial charge in [-0.2, -0.15) is 4.39 Å². The summed E-state index contributed by atoms with van der Waals surface area (Å²) < 4.78 is 21.6. The van der Waals surface area contributed by atoms with Crippen LogP contribution >= 0.6 is 0 Å². The molecule has 0 fully saturated rings. The SMILES string of the molecule is COC(=O)Oc1ccc([N+](=O)[O-])c(F)c1. The van der Waals surface area contributed by atoms with Crippen LogP contribution in [0.4, 0.5) is 14.9 Å². The number of carbonyl (C=O) groups is 1. The molecule has 15 heavy (non-hydrogen) atoms. The van der Waals surface area contributed by atoms with Crippen molar-refractivity contribution in [3.8, 4) is 5.75 Å². The van der Waals surface area contributed by atoms with Gasteiger partial charge in [-0.15, -0.1) is 0 Å². The maximum absolute atomic E-state index is 13.0. The molecular weight excluding hydrogens is 209 g/mol. The second-order valence-corrected chi connectivity index (χ2v) is 2.43. The molecule has 0 saturated heterocycles. The summed E-state index contributed by atoms with van der Waals surface area (Å²) in [7, 11) is 1.09. The predicted octanol–water partition coefficient (Wildman–Crippen LogP) is 1.88. The number of hydrogen-bond acceptors (Lipinski definition) is 5. The normalized spacial score (nSPS) is 9.47. The fourth-order valence-corrected chi connectivity index (χ4v) is 0.837. The van der Waals surface area contributed by atoms with E-state index in [1.165, 1.54) is 0 Å². The molecule has 1 rings (SSSR count). The minimum absolute atomic E-state index is 0.162. The Bertz CT molecular complexity index is 406. The zero-order valence-electron chi connectivity index (χ0n) is 7.60. The zero-order valence-corrected chi connectivity index (χ0v) is 7.60. The van der Waals surface area contributed by atoms with Gasteiger partial charge in [0.05, 0.1) is 12.0 Å². The lowest BCUT2D eigenvalue weighted by molar-refractivity contribution is -0.387. The van der Waals surface area contributed by atoms with Crippen molar-refractivity contribution in [2.45, 2.75) is 0 Å². The molecule has 1 aromatic carbocycles. The van der Waals surface area contributed by atoms with Crippen LogP contribution < -0.4 is 4.74 Å². The number of nitro groups is 1. The third-order valence-electron chi connectivity index (χ3n) is 1.48. The van der Waals surface area contributed by atoms with Crippen molar-refractivity contribution in [2.75, 3.05) is 7.11 Å². The lowest BCUT2D eigenvalue weighted by Gasteiger charge is -2.01. The van der Waals surface area contributed by atoms with Crippen LogP contribution in [0.1, 0.15) is 0 Å². The molecule has 0 aliphatic carbocycles. The first kappa shape index (κ1) is 10.9. The topological polar surface area (TPSA) is 78.7 Å². The number of hydrogen-bond donors (Lipinski definition) is 0. The highest BCUT2D eigenvalue weighted by molar-refractivity contribution is 5.63. The van der Waals surface area contributed by atoms with Gasteiger partial charge in [-0.25, -0.2) is 4.79 Å². The van der Waals surface area contributed by atoms with E-state index >= 15 is 0 Å². The summed E-state index contributed by atoms with van der Waals surface area (Å²) in [4.78, 5) is 20.0. The number of methoxy groups -OCH3 is 1. The second-order valence-electron chi connectivity index (χ2n) is 2.43. The van der Waals surface area contributed by atoms with Crippen LogP contribution in [0.25, 0.3) is 0 Å². The van der Waals surface area contributed by atoms with E-state index in [1.807, 2.05) is 0 Å². The second kappa shape index (κ2) is 4.36. The third kappa shape index (κ3) is 2.63. The maximum Gasteiger partial charge on any atom is 0.513 e. The highest BCUT2D eigenvalue weighted by Crippen LogP contribution is 2.22. The number of nitrogens with zero attached hydrogens (tertiary/aromatic N) is 1. The van der Waals surface area contributed by atoms with Crippen molar-refractivity contribution in [3.05, 3.63) is 34.1 Å². The van der Waals surface area contributed by atoms with E-state index in [0.717, 1.165) is 25.3 Å². The summed E-state index contributed by atoms with van der Waals surface area (Å²) in [6.07, 6.45) is -1.02. The van der Waals surface area contributed by atoms with Crippen molar-refractivity contribution < 1.29 is 23.6 Å². The first-order valence-electron chi connectivity index (χ1n) is 3.74. The molecule has 0 N–H and O–H groups in total. The summed E-state index contributed by atoms with van der Waals surface area (Å²) in [5.74, 6) is -1.24. The van der Waals surface area contributed by atoms with Crippen LogP contribution in [0.15, 0.2) is 18.2 Å². The van der Waals surface area contributed by atoms with Crippen molar-refractivity contribution in [3.63, 3.8) is 0 Å². The summed E-state index contributed by atoms with van der Waals surface area (Å²) in [6.45, 7) is 0. The highest BCUT2D eigenvalue weighted by Gasteiger charge is 2.15. The summed E-state index contributed by atoms with van der Waals surface area (Å²) in [6, 6.07) is 2.72. The first-order valence-corrected chi connectivity index (χ1v) is 3.74. The van der Waals surface area contributed by atoms with Gasteiger partial charge in [-0.1, -0.05) is 0 Å². The van der Waals surface area contributed by atoms with Crippen molar-refractivity contribution in [1.82, 2.24) is 0 Å². The summed E-state index contributed by atoms with van der Waals surface area (Å²) >= 11 is 0. The molecule has 0 atom stereocenters. The van der Waals surface area contributed by atoms with Gasteiger partial charge in [0.25, 0.3) is 0 Å². The molecule has 0 unspecified atom stereocenters. The van der Waals surface area contributed by atoms with E-state index in [2.05, 4.69) is 9.47 Å². The average Bonchev–Trinajstić information content (AvgIpc) is 2.17. The monoisotopic (exact) mass is 215 g/mol. The van der Waals surface area contributed by atoms with Gasteiger partial charge in [0.1, 0.15) is 5.75 Å². The predicted molar refractivity (Wildman–Crippen MR) is 46.1 cm³/mol. The fraction of sp³-hybridized carbons (Fsp3) is 0.125. The Morgan fingerprint density at radius 1 is 1.53 bits per heavy atom. The van der Waals surface area contributed by atoms with E-state index in [9.17, 15) is 19.3 Å². The van der Waals surface area contributed by atoms with Gasteiger partial charge in [0.15, 0.2) is 0 Å². The molecule has 0 radical (unpaired) electrons. The largest absolute Gasteiger partial charge is 0.513 e. The Morgan fingerprint density at radius 2 is 2.20 bits per heavy atom. The smallest absolute Gasteiger partial charge is 0.437 e. The molecule has 0 aliphatic rings. The number of benzene rings is 1. The Kier molecular flexibility index (Phi) is 3.17. The lowest BCUT2D eigenvalue weighted by atomic mass is 10.3. The minimum Gasteiger partial charge on any atom is -0.437 e. The minimum atomic E-state index is -1.08. The molecule has 1 aromatic rings. The maximum atomic E-state index is 13.0. The Balaban J connectivity index is 2.91. The number of rotatable bonds is 2. The number of nitro benzene ring substituents is 1. The number of ether oxygens (including phenoxy) is 2. The van der Waals surface area contributed by atoms with Crippen LogP contribution in [0, 0.1) is 15.9 Å². The van der Waals surface area contributed by atoms with Crippen molar-refractivity contribution in [2.24, 2.45) is 0 Å². The quantitative estimate of drug-likeness (QED) is 0.325. The van der Waals surface area contributed by atoms with E-state index in [1.54, 1.807) is 0 Å². The molecule has 0 aromatic heterocycles. The Morgan fingerprint density at radius 3 is 2.67 bits per heavy atom. The van der Waals surface area contributed by atoms with Crippen molar-refractivity contribution >= 4 is 11.8 Å². The van der Waals surface area contributed by atoms with Gasteiger partial charge in [-0.05, 0) is 6.07 Å². The summed E-state index contributed by atoms with van der Waals surface area (Å²) in [5, 5.41) is 10.2. The molecular formula is C8H6FNO5. The molecule has 7 heteroatoms. The third-order valence-corrected chi connectivity index (χ3v) is 1.48. The lowest BCUT2D eigenvalue weighted by Crippen LogP contribution is -2.07. The van der Waals surface area contributed by atoms with Gasteiger partial charge in [0.2, 0.25) is 5.82 Å². The first-order chi connectivity index (χ1) is 7.04.